The van der Waals surface area contributed by atoms with Gasteiger partial charge < -0.3 is 0 Å². The van der Waals surface area contributed by atoms with E-state index < -0.39 is 0 Å². The van der Waals surface area contributed by atoms with Crippen molar-refractivity contribution in [2.45, 2.75) is 0 Å². The lowest BCUT2D eigenvalue weighted by Crippen LogP contribution is -1.88. The average Bonchev–Trinajstić information content (AvgIpc) is 2.87. The fraction of sp³-hybridized carbons (Fsp3) is 0.0667. The zero-order valence-corrected chi connectivity index (χ0v) is 10.1. The molecule has 3 heteroatoms. The monoisotopic (exact) mass is 235 g/mol. The van der Waals surface area contributed by atoms with Gasteiger partial charge in [0, 0.05) is 12.6 Å². The Bertz CT molecular complexity index is 656. The molecule has 0 N–H and O–H groups in total. The van der Waals surface area contributed by atoms with E-state index in [4.69, 9.17) is 0 Å². The lowest BCUT2D eigenvalue weighted by molar-refractivity contribution is 0.768. The van der Waals surface area contributed by atoms with Crippen LogP contribution in [0, 0.1) is 0 Å². The zero-order valence-electron chi connectivity index (χ0n) is 10.1. The van der Waals surface area contributed by atoms with Gasteiger partial charge in [-0.15, -0.1) is 0 Å². The first-order valence-corrected chi connectivity index (χ1v) is 5.84. The second kappa shape index (κ2) is 4.45. The fourth-order valence-electron chi connectivity index (χ4n) is 1.94. The summed E-state index contributed by atoms with van der Waals surface area (Å²) < 4.78 is 1.71. The molecule has 0 saturated heterocycles. The van der Waals surface area contributed by atoms with E-state index in [1.807, 2.05) is 37.4 Å². The van der Waals surface area contributed by atoms with Crippen LogP contribution >= 0.6 is 0 Å². The Balaban J connectivity index is 2.05. The Morgan fingerprint density at radius 3 is 2.28 bits per heavy atom. The van der Waals surface area contributed by atoms with E-state index in [1.165, 1.54) is 11.1 Å². The molecule has 3 aromatic rings. The number of rotatable bonds is 2. The maximum absolute atomic E-state index is 4.32. The van der Waals surface area contributed by atoms with Gasteiger partial charge in [0.2, 0.25) is 0 Å². The van der Waals surface area contributed by atoms with E-state index in [0.29, 0.717) is 0 Å². The third-order valence-corrected chi connectivity index (χ3v) is 2.83. The topological polar surface area (TPSA) is 30.7 Å². The van der Waals surface area contributed by atoms with Crippen LogP contribution in [0.5, 0.6) is 0 Å². The van der Waals surface area contributed by atoms with Crippen LogP contribution in [0.15, 0.2) is 60.9 Å². The summed E-state index contributed by atoms with van der Waals surface area (Å²) in [6, 6.07) is 18.6. The first-order valence-electron chi connectivity index (χ1n) is 5.84. The van der Waals surface area contributed by atoms with Gasteiger partial charge in [-0.3, -0.25) is 4.68 Å². The molecule has 0 aliphatic rings. The minimum Gasteiger partial charge on any atom is -0.255 e. The molecule has 0 aliphatic heterocycles. The Morgan fingerprint density at radius 2 is 1.56 bits per heavy atom. The summed E-state index contributed by atoms with van der Waals surface area (Å²) in [6.07, 6.45) is 1.71. The van der Waals surface area contributed by atoms with E-state index in [2.05, 4.69) is 34.3 Å². The highest BCUT2D eigenvalue weighted by atomic mass is 15.3. The molecule has 0 aliphatic carbocycles. The molecule has 0 atom stereocenters. The van der Waals surface area contributed by atoms with Gasteiger partial charge in [0.15, 0.2) is 5.82 Å². The Morgan fingerprint density at radius 1 is 0.833 bits per heavy atom. The molecule has 1 aromatic heterocycles. The van der Waals surface area contributed by atoms with Gasteiger partial charge in [-0.2, -0.15) is 5.10 Å². The van der Waals surface area contributed by atoms with Crippen molar-refractivity contribution in [3.8, 4) is 22.5 Å². The number of aromatic nitrogens is 3. The van der Waals surface area contributed by atoms with Gasteiger partial charge >= 0.3 is 0 Å². The van der Waals surface area contributed by atoms with Crippen molar-refractivity contribution in [3.63, 3.8) is 0 Å². The van der Waals surface area contributed by atoms with Crippen molar-refractivity contribution in [1.82, 2.24) is 14.8 Å². The summed E-state index contributed by atoms with van der Waals surface area (Å²) in [5.74, 6) is 0.760. The van der Waals surface area contributed by atoms with E-state index >= 15 is 0 Å². The lowest BCUT2D eigenvalue weighted by atomic mass is 10.0. The van der Waals surface area contributed by atoms with Gasteiger partial charge in [-0.25, -0.2) is 4.98 Å². The largest absolute Gasteiger partial charge is 0.255 e. The van der Waals surface area contributed by atoms with Gasteiger partial charge in [0.1, 0.15) is 6.33 Å². The Labute approximate surface area is 106 Å². The second-order valence-electron chi connectivity index (χ2n) is 4.19. The zero-order chi connectivity index (χ0) is 12.4. The summed E-state index contributed by atoms with van der Waals surface area (Å²) >= 11 is 0. The normalized spacial score (nSPS) is 10.5. The molecule has 0 saturated carbocycles. The van der Waals surface area contributed by atoms with Crippen molar-refractivity contribution in [3.05, 3.63) is 60.9 Å². The maximum atomic E-state index is 4.32. The van der Waals surface area contributed by atoms with Crippen molar-refractivity contribution in [2.75, 3.05) is 0 Å². The minimum absolute atomic E-state index is 0.760. The van der Waals surface area contributed by atoms with Crippen molar-refractivity contribution >= 4 is 0 Å². The third kappa shape index (κ3) is 2.02. The molecule has 0 spiro atoms. The maximum Gasteiger partial charge on any atom is 0.181 e. The number of nitrogens with zero attached hydrogens (tertiary/aromatic N) is 3. The molecule has 0 fully saturated rings. The van der Waals surface area contributed by atoms with E-state index in [-0.39, 0.29) is 0 Å². The van der Waals surface area contributed by atoms with Gasteiger partial charge in [-0.05, 0) is 17.2 Å². The molecule has 3 rings (SSSR count). The third-order valence-electron chi connectivity index (χ3n) is 2.83. The van der Waals surface area contributed by atoms with Crippen molar-refractivity contribution in [1.29, 1.82) is 0 Å². The smallest absolute Gasteiger partial charge is 0.181 e. The fourth-order valence-corrected chi connectivity index (χ4v) is 1.94. The number of hydrogen-bond donors (Lipinski definition) is 0. The summed E-state index contributed by atoms with van der Waals surface area (Å²) in [7, 11) is 1.87. The predicted octanol–water partition coefficient (Wildman–Crippen LogP) is 3.15. The summed E-state index contributed by atoms with van der Waals surface area (Å²) in [4.78, 5) is 4.27. The van der Waals surface area contributed by atoms with E-state index in [9.17, 15) is 0 Å². The Kier molecular flexibility index (Phi) is 2.65. The summed E-state index contributed by atoms with van der Waals surface area (Å²) in [5.41, 5.74) is 3.42. The first kappa shape index (κ1) is 10.7. The predicted molar refractivity (Wildman–Crippen MR) is 71.9 cm³/mol. The molecule has 2 aromatic carbocycles. The quantitative estimate of drug-likeness (QED) is 0.683. The minimum atomic E-state index is 0.760. The van der Waals surface area contributed by atoms with Crippen molar-refractivity contribution in [2.24, 2.45) is 7.05 Å². The molecular formula is C15H13N3. The van der Waals surface area contributed by atoms with Crippen LogP contribution in [0.4, 0.5) is 0 Å². The molecule has 88 valence electrons. The SMILES string of the molecule is Cn1cnc(-c2cccc(-c3ccccc3)c2)n1. The molecule has 1 heterocycles. The molecule has 0 radical (unpaired) electrons. The van der Waals surface area contributed by atoms with Gasteiger partial charge in [-0.1, -0.05) is 48.5 Å². The Hall–Kier alpha value is -2.42. The molecule has 0 amide bonds. The van der Waals surface area contributed by atoms with Crippen molar-refractivity contribution < 1.29 is 0 Å². The number of benzene rings is 2. The van der Waals surface area contributed by atoms with Crippen LogP contribution in [0.3, 0.4) is 0 Å². The average molecular weight is 235 g/mol. The first-order chi connectivity index (χ1) is 8.83. The van der Waals surface area contributed by atoms with E-state index in [1.54, 1.807) is 11.0 Å². The highest BCUT2D eigenvalue weighted by Crippen LogP contribution is 2.23. The second-order valence-corrected chi connectivity index (χ2v) is 4.19. The van der Waals surface area contributed by atoms with Crippen LogP contribution in [-0.4, -0.2) is 14.8 Å². The van der Waals surface area contributed by atoms with Crippen LogP contribution in [0.2, 0.25) is 0 Å². The molecule has 0 unspecified atom stereocenters. The van der Waals surface area contributed by atoms with Crippen LogP contribution < -0.4 is 0 Å². The highest BCUT2D eigenvalue weighted by molar-refractivity contribution is 5.69. The number of hydrogen-bond acceptors (Lipinski definition) is 2. The summed E-state index contributed by atoms with van der Waals surface area (Å²) in [6.45, 7) is 0. The van der Waals surface area contributed by atoms with Gasteiger partial charge in [0.05, 0.1) is 0 Å². The molecular weight excluding hydrogens is 222 g/mol. The standard InChI is InChI=1S/C15H13N3/c1-18-11-16-15(17-18)14-9-5-8-13(10-14)12-6-3-2-4-7-12/h2-11H,1H3. The van der Waals surface area contributed by atoms with Crippen LogP contribution in [-0.2, 0) is 7.05 Å². The molecule has 18 heavy (non-hydrogen) atoms. The number of aryl methyl sites for hydroxylation is 1. The lowest BCUT2D eigenvalue weighted by Gasteiger charge is -2.03. The van der Waals surface area contributed by atoms with Crippen LogP contribution in [0.1, 0.15) is 0 Å². The molecule has 0 bridgehead atoms. The van der Waals surface area contributed by atoms with E-state index in [0.717, 1.165) is 11.4 Å². The molecule has 3 nitrogen and oxygen atoms in total. The van der Waals surface area contributed by atoms with Gasteiger partial charge in [0.25, 0.3) is 0 Å². The van der Waals surface area contributed by atoms with Crippen LogP contribution in [0.25, 0.3) is 22.5 Å². The highest BCUT2D eigenvalue weighted by Gasteiger charge is 2.04. The summed E-state index contributed by atoms with van der Waals surface area (Å²) in [5, 5.41) is 4.32.